The van der Waals surface area contributed by atoms with E-state index in [4.69, 9.17) is 4.74 Å². The summed E-state index contributed by atoms with van der Waals surface area (Å²) in [6, 6.07) is 0. The van der Waals surface area contributed by atoms with Crippen molar-refractivity contribution in [1.29, 1.82) is 0 Å². The van der Waals surface area contributed by atoms with Gasteiger partial charge in [0.1, 0.15) is 12.1 Å². The lowest BCUT2D eigenvalue weighted by Gasteiger charge is -2.19. The van der Waals surface area contributed by atoms with Crippen molar-refractivity contribution >= 4 is 5.97 Å². The highest BCUT2D eigenvalue weighted by Crippen LogP contribution is 2.54. The van der Waals surface area contributed by atoms with Gasteiger partial charge in [-0.2, -0.15) is 5.10 Å². The molecule has 1 aliphatic carbocycles. The Labute approximate surface area is 117 Å². The second-order valence-electron chi connectivity index (χ2n) is 6.33. The van der Waals surface area contributed by atoms with Crippen LogP contribution in [0, 0.1) is 11.8 Å². The van der Waals surface area contributed by atoms with Gasteiger partial charge in [-0.1, -0.05) is 6.92 Å². The average Bonchev–Trinajstić information content (AvgIpc) is 2.72. The minimum Gasteiger partial charge on any atom is -0.460 e. The predicted molar refractivity (Wildman–Crippen MR) is 69.5 cm³/mol. The summed E-state index contributed by atoms with van der Waals surface area (Å²) < 4.78 is 31.1. The molecule has 4 nitrogen and oxygen atoms in total. The van der Waals surface area contributed by atoms with Crippen molar-refractivity contribution in [2.45, 2.75) is 52.2 Å². The minimum absolute atomic E-state index is 0.0243. The molecule has 1 aliphatic rings. The van der Waals surface area contributed by atoms with Crippen LogP contribution in [-0.2, 0) is 16.1 Å². The molecule has 1 aromatic rings. The first kappa shape index (κ1) is 14.9. The van der Waals surface area contributed by atoms with Crippen LogP contribution < -0.4 is 0 Å². The van der Waals surface area contributed by atoms with E-state index in [1.54, 1.807) is 12.4 Å². The first-order valence-electron chi connectivity index (χ1n) is 6.72. The van der Waals surface area contributed by atoms with Gasteiger partial charge in [0.2, 0.25) is 0 Å². The highest BCUT2D eigenvalue weighted by molar-refractivity contribution is 5.78. The molecule has 1 heterocycles. The van der Waals surface area contributed by atoms with Crippen LogP contribution in [-0.4, -0.2) is 27.8 Å². The Hall–Kier alpha value is -1.46. The summed E-state index contributed by atoms with van der Waals surface area (Å²) in [6.07, 6.45) is 0.729. The molecule has 0 radical (unpaired) electrons. The SMILES string of the molecule is CC1C(C(=O)OC(C)(C)C)C1c1cnn(CC(F)F)c1. The number of hydrogen-bond acceptors (Lipinski definition) is 3. The molecule has 3 atom stereocenters. The van der Waals surface area contributed by atoms with E-state index in [-0.39, 0.29) is 23.7 Å². The quantitative estimate of drug-likeness (QED) is 0.799. The van der Waals surface area contributed by atoms with E-state index in [2.05, 4.69) is 5.10 Å². The maximum absolute atomic E-state index is 12.3. The minimum atomic E-state index is -2.43. The summed E-state index contributed by atoms with van der Waals surface area (Å²) >= 11 is 0. The van der Waals surface area contributed by atoms with Gasteiger partial charge in [0.15, 0.2) is 0 Å². The molecule has 0 aromatic carbocycles. The number of ether oxygens (including phenoxy) is 1. The molecule has 0 saturated heterocycles. The second kappa shape index (κ2) is 5.14. The molecule has 6 heteroatoms. The first-order chi connectivity index (χ1) is 9.19. The largest absolute Gasteiger partial charge is 0.460 e. The summed E-state index contributed by atoms with van der Waals surface area (Å²) in [6.45, 7) is 7.02. The first-order valence-corrected chi connectivity index (χ1v) is 6.72. The normalized spacial score (nSPS) is 25.9. The maximum atomic E-state index is 12.3. The van der Waals surface area contributed by atoms with E-state index < -0.39 is 18.6 Å². The fraction of sp³-hybridized carbons (Fsp3) is 0.714. The lowest BCUT2D eigenvalue weighted by Crippen LogP contribution is -2.25. The van der Waals surface area contributed by atoms with Gasteiger partial charge in [-0.25, -0.2) is 8.78 Å². The summed E-state index contributed by atoms with van der Waals surface area (Å²) in [7, 11) is 0. The Morgan fingerprint density at radius 2 is 2.15 bits per heavy atom. The van der Waals surface area contributed by atoms with E-state index in [1.165, 1.54) is 4.68 Å². The average molecular weight is 286 g/mol. The smallest absolute Gasteiger partial charge is 0.310 e. The third-order valence-electron chi connectivity index (χ3n) is 3.42. The van der Waals surface area contributed by atoms with Gasteiger partial charge >= 0.3 is 5.97 Å². The van der Waals surface area contributed by atoms with Gasteiger partial charge in [-0.05, 0) is 32.3 Å². The van der Waals surface area contributed by atoms with Crippen LogP contribution >= 0.6 is 0 Å². The third-order valence-corrected chi connectivity index (χ3v) is 3.42. The zero-order valence-electron chi connectivity index (χ0n) is 12.1. The number of nitrogens with zero attached hydrogens (tertiary/aromatic N) is 2. The van der Waals surface area contributed by atoms with Crippen LogP contribution in [0.5, 0.6) is 0 Å². The van der Waals surface area contributed by atoms with Gasteiger partial charge in [-0.3, -0.25) is 9.48 Å². The molecule has 1 aromatic heterocycles. The molecule has 0 aliphatic heterocycles. The van der Waals surface area contributed by atoms with Crippen LogP contribution in [0.25, 0.3) is 0 Å². The van der Waals surface area contributed by atoms with Crippen LogP contribution in [0.3, 0.4) is 0 Å². The topological polar surface area (TPSA) is 44.1 Å². The molecule has 0 amide bonds. The highest BCUT2D eigenvalue weighted by Gasteiger charge is 2.54. The number of esters is 1. The summed E-state index contributed by atoms with van der Waals surface area (Å²) in [4.78, 5) is 12.0. The van der Waals surface area contributed by atoms with Gasteiger partial charge in [-0.15, -0.1) is 0 Å². The highest BCUT2D eigenvalue weighted by atomic mass is 19.3. The summed E-state index contributed by atoms with van der Waals surface area (Å²) in [5.74, 6) is -0.236. The Morgan fingerprint density at radius 1 is 1.50 bits per heavy atom. The van der Waals surface area contributed by atoms with Gasteiger partial charge in [0.25, 0.3) is 6.43 Å². The van der Waals surface area contributed by atoms with Crippen molar-refractivity contribution in [1.82, 2.24) is 9.78 Å². The summed E-state index contributed by atoms with van der Waals surface area (Å²) in [5.41, 5.74) is 0.318. The van der Waals surface area contributed by atoms with Gasteiger partial charge in [0, 0.05) is 12.1 Å². The van der Waals surface area contributed by atoms with E-state index in [9.17, 15) is 13.6 Å². The molecule has 112 valence electrons. The van der Waals surface area contributed by atoms with Crippen molar-refractivity contribution in [3.8, 4) is 0 Å². The van der Waals surface area contributed by atoms with Crippen molar-refractivity contribution in [3.05, 3.63) is 18.0 Å². The van der Waals surface area contributed by atoms with Crippen LogP contribution in [0.1, 0.15) is 39.2 Å². The van der Waals surface area contributed by atoms with Gasteiger partial charge in [0.05, 0.1) is 12.1 Å². The number of hydrogen-bond donors (Lipinski definition) is 0. The van der Waals surface area contributed by atoms with Crippen LogP contribution in [0.2, 0.25) is 0 Å². The molecule has 0 spiro atoms. The van der Waals surface area contributed by atoms with E-state index in [0.29, 0.717) is 0 Å². The standard InChI is InChI=1S/C14H20F2N2O2/c1-8-11(12(8)13(19)20-14(2,3)4)9-5-17-18(6-9)7-10(15)16/h5-6,8,10-12H,7H2,1-4H3. The van der Waals surface area contributed by atoms with Crippen LogP contribution in [0.4, 0.5) is 8.78 Å². The van der Waals surface area contributed by atoms with E-state index in [1.807, 2.05) is 27.7 Å². The molecule has 0 N–H and O–H groups in total. The molecular formula is C14H20F2N2O2. The molecule has 1 fully saturated rings. The number of alkyl halides is 2. The zero-order valence-corrected chi connectivity index (χ0v) is 12.1. The Morgan fingerprint density at radius 3 is 2.70 bits per heavy atom. The predicted octanol–water partition coefficient (Wildman–Crippen LogP) is 2.84. The summed E-state index contributed by atoms with van der Waals surface area (Å²) in [5, 5.41) is 3.90. The van der Waals surface area contributed by atoms with Crippen molar-refractivity contribution in [2.75, 3.05) is 0 Å². The number of halogens is 2. The van der Waals surface area contributed by atoms with E-state index >= 15 is 0 Å². The Balaban J connectivity index is 2.01. The molecule has 3 unspecified atom stereocenters. The molecular weight excluding hydrogens is 266 g/mol. The van der Waals surface area contributed by atoms with Crippen molar-refractivity contribution < 1.29 is 18.3 Å². The number of carbonyl (C=O) groups excluding carboxylic acids is 1. The lowest BCUT2D eigenvalue weighted by atomic mass is 10.1. The van der Waals surface area contributed by atoms with E-state index in [0.717, 1.165) is 5.56 Å². The fourth-order valence-electron chi connectivity index (χ4n) is 2.50. The second-order valence-corrected chi connectivity index (χ2v) is 6.33. The lowest BCUT2D eigenvalue weighted by molar-refractivity contribution is -0.156. The molecule has 0 bridgehead atoms. The zero-order chi connectivity index (χ0) is 15.1. The number of rotatable bonds is 4. The number of carbonyl (C=O) groups is 1. The number of aromatic nitrogens is 2. The van der Waals surface area contributed by atoms with Crippen molar-refractivity contribution in [3.63, 3.8) is 0 Å². The maximum Gasteiger partial charge on any atom is 0.310 e. The Bertz CT molecular complexity index is 494. The molecule has 2 rings (SSSR count). The fourth-order valence-corrected chi connectivity index (χ4v) is 2.50. The monoisotopic (exact) mass is 286 g/mol. The van der Waals surface area contributed by atoms with Crippen molar-refractivity contribution in [2.24, 2.45) is 11.8 Å². The Kier molecular flexibility index (Phi) is 3.84. The van der Waals surface area contributed by atoms with Crippen LogP contribution in [0.15, 0.2) is 12.4 Å². The molecule has 1 saturated carbocycles. The third kappa shape index (κ3) is 3.35. The van der Waals surface area contributed by atoms with Gasteiger partial charge < -0.3 is 4.74 Å². The molecule has 20 heavy (non-hydrogen) atoms.